The van der Waals surface area contributed by atoms with E-state index in [0.717, 1.165) is 12.1 Å². The summed E-state index contributed by atoms with van der Waals surface area (Å²) >= 11 is 5.33. The van der Waals surface area contributed by atoms with Crippen LogP contribution in [0.25, 0.3) is 10.9 Å². The second-order valence-corrected chi connectivity index (χ2v) is 6.47. The van der Waals surface area contributed by atoms with Crippen molar-refractivity contribution in [3.63, 3.8) is 0 Å². The number of aromatic nitrogens is 1. The third kappa shape index (κ3) is 3.91. The molecule has 1 aromatic carbocycles. The molecule has 5 heteroatoms. The molecule has 1 aliphatic carbocycles. The van der Waals surface area contributed by atoms with Crippen LogP contribution in [0.1, 0.15) is 44.6 Å². The van der Waals surface area contributed by atoms with E-state index in [4.69, 9.17) is 12.2 Å². The molecule has 23 heavy (non-hydrogen) atoms. The smallest absolute Gasteiger partial charge is 0.187 e. The van der Waals surface area contributed by atoms with Gasteiger partial charge in [-0.15, -0.1) is 0 Å². The number of nitrogens with one attached hydrogen (secondary N) is 2. The third-order valence-electron chi connectivity index (χ3n) is 4.47. The zero-order valence-corrected chi connectivity index (χ0v) is 14.4. The number of nitrogens with zero attached hydrogens (tertiary/aromatic N) is 2. The highest BCUT2D eigenvalue weighted by Gasteiger charge is 2.13. The fourth-order valence-electron chi connectivity index (χ4n) is 3.26. The van der Waals surface area contributed by atoms with E-state index < -0.39 is 0 Å². The summed E-state index contributed by atoms with van der Waals surface area (Å²) in [4.78, 5) is 0. The fourth-order valence-corrected chi connectivity index (χ4v) is 3.48. The van der Waals surface area contributed by atoms with Gasteiger partial charge in [-0.25, -0.2) is 0 Å². The van der Waals surface area contributed by atoms with Crippen LogP contribution >= 0.6 is 12.2 Å². The third-order valence-corrected chi connectivity index (χ3v) is 4.68. The van der Waals surface area contributed by atoms with Crippen molar-refractivity contribution in [2.24, 2.45) is 5.10 Å². The maximum absolute atomic E-state index is 5.33. The number of hydrazone groups is 1. The van der Waals surface area contributed by atoms with E-state index in [0.29, 0.717) is 11.2 Å². The normalized spacial score (nSPS) is 16.0. The van der Waals surface area contributed by atoms with Crippen molar-refractivity contribution < 1.29 is 0 Å². The highest BCUT2D eigenvalue weighted by Crippen LogP contribution is 2.20. The van der Waals surface area contributed by atoms with Crippen LogP contribution in [-0.2, 0) is 6.54 Å². The van der Waals surface area contributed by atoms with Crippen LogP contribution in [0.5, 0.6) is 0 Å². The van der Waals surface area contributed by atoms with Gasteiger partial charge < -0.3 is 9.88 Å². The first kappa shape index (κ1) is 16.0. The number of fused-ring (bicyclic) bond motifs is 1. The summed E-state index contributed by atoms with van der Waals surface area (Å²) in [6.07, 6.45) is 10.3. The number of hydrogen-bond donors (Lipinski definition) is 2. The Morgan fingerprint density at radius 1 is 1.30 bits per heavy atom. The number of rotatable bonds is 4. The molecule has 0 bridgehead atoms. The molecule has 1 fully saturated rings. The van der Waals surface area contributed by atoms with Crippen LogP contribution in [0.15, 0.2) is 35.6 Å². The van der Waals surface area contributed by atoms with Crippen LogP contribution < -0.4 is 10.7 Å². The zero-order chi connectivity index (χ0) is 16.1. The predicted octanol–water partition coefficient (Wildman–Crippen LogP) is 3.79. The van der Waals surface area contributed by atoms with Crippen molar-refractivity contribution in [2.75, 3.05) is 0 Å². The molecule has 0 aliphatic heterocycles. The Bertz CT molecular complexity index is 698. The Morgan fingerprint density at radius 2 is 2.09 bits per heavy atom. The van der Waals surface area contributed by atoms with E-state index >= 15 is 0 Å². The average molecular weight is 328 g/mol. The molecule has 2 N–H and O–H groups in total. The van der Waals surface area contributed by atoms with Gasteiger partial charge in [-0.3, -0.25) is 5.43 Å². The van der Waals surface area contributed by atoms with Gasteiger partial charge in [-0.05, 0) is 38.0 Å². The maximum atomic E-state index is 5.33. The Labute approximate surface area is 142 Å². The quantitative estimate of drug-likeness (QED) is 0.510. The van der Waals surface area contributed by atoms with Crippen molar-refractivity contribution in [3.05, 3.63) is 36.0 Å². The minimum atomic E-state index is 0.501. The lowest BCUT2D eigenvalue weighted by molar-refractivity contribution is 0.412. The van der Waals surface area contributed by atoms with Crippen molar-refractivity contribution in [2.45, 2.75) is 51.6 Å². The molecule has 1 heterocycles. The first-order valence-electron chi connectivity index (χ1n) is 8.45. The molecule has 1 saturated carbocycles. The van der Waals surface area contributed by atoms with E-state index in [1.807, 2.05) is 6.21 Å². The van der Waals surface area contributed by atoms with Gasteiger partial charge in [0.25, 0.3) is 0 Å². The summed E-state index contributed by atoms with van der Waals surface area (Å²) in [5, 5.41) is 9.50. The maximum Gasteiger partial charge on any atom is 0.187 e. The van der Waals surface area contributed by atoms with Crippen molar-refractivity contribution in [1.82, 2.24) is 15.3 Å². The molecule has 3 rings (SSSR count). The summed E-state index contributed by atoms with van der Waals surface area (Å²) in [5.74, 6) is 0. The Hall–Kier alpha value is -1.88. The van der Waals surface area contributed by atoms with Crippen molar-refractivity contribution in [3.8, 4) is 0 Å². The molecule has 0 saturated heterocycles. The summed E-state index contributed by atoms with van der Waals surface area (Å²) in [6.45, 7) is 3.10. The van der Waals surface area contributed by atoms with Gasteiger partial charge in [-0.2, -0.15) is 5.10 Å². The highest BCUT2D eigenvalue weighted by atomic mass is 32.1. The minimum absolute atomic E-state index is 0.501. The van der Waals surface area contributed by atoms with Gasteiger partial charge in [0.05, 0.1) is 6.21 Å². The molecule has 0 radical (unpaired) electrons. The van der Waals surface area contributed by atoms with E-state index in [9.17, 15) is 0 Å². The molecule has 0 atom stereocenters. The minimum Gasteiger partial charge on any atom is -0.359 e. The molecule has 0 unspecified atom stereocenters. The van der Waals surface area contributed by atoms with Crippen LogP contribution in [0.2, 0.25) is 0 Å². The van der Waals surface area contributed by atoms with Crippen molar-refractivity contribution in [1.29, 1.82) is 0 Å². The lowest BCUT2D eigenvalue weighted by atomic mass is 9.96. The zero-order valence-electron chi connectivity index (χ0n) is 13.6. The predicted molar refractivity (Wildman–Crippen MR) is 101 cm³/mol. The van der Waals surface area contributed by atoms with Gasteiger partial charge in [-0.1, -0.05) is 37.5 Å². The topological polar surface area (TPSA) is 41.4 Å². The van der Waals surface area contributed by atoms with E-state index in [1.54, 1.807) is 0 Å². The number of thiocarbonyl (C=S) groups is 1. The van der Waals surface area contributed by atoms with Crippen LogP contribution in [0.3, 0.4) is 0 Å². The largest absolute Gasteiger partial charge is 0.359 e. The van der Waals surface area contributed by atoms with Gasteiger partial charge in [0, 0.05) is 35.2 Å². The first-order chi connectivity index (χ1) is 11.3. The van der Waals surface area contributed by atoms with Gasteiger partial charge in [0.1, 0.15) is 0 Å². The Balaban J connectivity index is 1.62. The highest BCUT2D eigenvalue weighted by molar-refractivity contribution is 7.80. The molecule has 122 valence electrons. The van der Waals surface area contributed by atoms with Crippen molar-refractivity contribution >= 4 is 34.4 Å². The van der Waals surface area contributed by atoms with E-state index in [1.165, 1.54) is 43.0 Å². The monoisotopic (exact) mass is 328 g/mol. The number of hydrogen-bond acceptors (Lipinski definition) is 2. The molecular formula is C18H24N4S. The number of benzene rings is 1. The summed E-state index contributed by atoms with van der Waals surface area (Å²) in [7, 11) is 0. The molecule has 0 spiro atoms. The fraction of sp³-hybridized carbons (Fsp3) is 0.444. The average Bonchev–Trinajstić information content (AvgIpc) is 2.94. The molecule has 0 amide bonds. The lowest BCUT2D eigenvalue weighted by Gasteiger charge is -2.23. The molecule has 2 aromatic rings. The van der Waals surface area contributed by atoms with Crippen LogP contribution in [0, 0.1) is 0 Å². The van der Waals surface area contributed by atoms with Gasteiger partial charge >= 0.3 is 0 Å². The van der Waals surface area contributed by atoms with Crippen LogP contribution in [0.4, 0.5) is 0 Å². The second-order valence-electron chi connectivity index (χ2n) is 6.07. The lowest BCUT2D eigenvalue weighted by Crippen LogP contribution is -2.40. The number of para-hydroxylation sites is 1. The summed E-state index contributed by atoms with van der Waals surface area (Å²) in [6, 6.07) is 8.89. The Morgan fingerprint density at radius 3 is 2.87 bits per heavy atom. The molecule has 4 nitrogen and oxygen atoms in total. The summed E-state index contributed by atoms with van der Waals surface area (Å²) in [5.41, 5.74) is 5.29. The van der Waals surface area contributed by atoms with E-state index in [-0.39, 0.29) is 0 Å². The van der Waals surface area contributed by atoms with Gasteiger partial charge in [0.2, 0.25) is 0 Å². The first-order valence-corrected chi connectivity index (χ1v) is 8.86. The number of aryl methyl sites for hydroxylation is 1. The van der Waals surface area contributed by atoms with Gasteiger partial charge in [0.15, 0.2) is 5.11 Å². The standard InChI is InChI=1S/C18H24N4S/c1-2-22-13-14(16-10-6-7-11-17(16)22)12-19-21-18(23)20-15-8-4-3-5-9-15/h6-7,10-13,15H,2-5,8-9H2,1H3,(H2,20,21,23)/b19-12-. The second kappa shape index (κ2) is 7.59. The molecule has 1 aliphatic rings. The molecule has 1 aromatic heterocycles. The SMILES string of the molecule is CCn1cc(/C=N\NC(=S)NC2CCCCC2)c2ccccc21. The Kier molecular flexibility index (Phi) is 5.28. The van der Waals surface area contributed by atoms with E-state index in [2.05, 4.69) is 57.8 Å². The molecular weight excluding hydrogens is 304 g/mol. The van der Waals surface area contributed by atoms with Crippen LogP contribution in [-0.4, -0.2) is 21.9 Å². The summed E-state index contributed by atoms with van der Waals surface area (Å²) < 4.78 is 2.23.